The number of rotatable bonds is 3. The third-order valence-electron chi connectivity index (χ3n) is 4.38. The molecule has 0 heterocycles. The Bertz CT molecular complexity index is 628. The first-order valence-electron chi connectivity index (χ1n) is 7.69. The first kappa shape index (κ1) is 13.7. The van der Waals surface area contributed by atoms with Gasteiger partial charge in [-0.15, -0.1) is 0 Å². The van der Waals surface area contributed by atoms with E-state index in [4.69, 9.17) is 0 Å². The minimum Gasteiger partial charge on any atom is -0.381 e. The average Bonchev–Trinajstić information content (AvgIpc) is 2.57. The van der Waals surface area contributed by atoms with E-state index in [-0.39, 0.29) is 0 Å². The lowest BCUT2D eigenvalue weighted by atomic mass is 9.80. The Morgan fingerprint density at radius 3 is 2.43 bits per heavy atom. The quantitative estimate of drug-likeness (QED) is 0.882. The van der Waals surface area contributed by atoms with Gasteiger partial charge in [-0.2, -0.15) is 5.26 Å². The fraction of sp³-hybridized carbons (Fsp3) is 0.316. The van der Waals surface area contributed by atoms with E-state index in [1.54, 1.807) is 0 Å². The van der Waals surface area contributed by atoms with Crippen LogP contribution in [0, 0.1) is 11.3 Å². The molecular formula is C19H20N2. The molecule has 1 aliphatic carbocycles. The zero-order valence-corrected chi connectivity index (χ0v) is 12.1. The third kappa shape index (κ3) is 3.08. The van der Waals surface area contributed by atoms with Crippen LogP contribution in [-0.2, 0) is 0 Å². The summed E-state index contributed by atoms with van der Waals surface area (Å²) in [5, 5.41) is 12.9. The minimum atomic E-state index is 0.413. The molecule has 0 spiro atoms. The first-order chi connectivity index (χ1) is 10.4. The third-order valence-corrected chi connectivity index (χ3v) is 4.38. The van der Waals surface area contributed by atoms with E-state index in [1.807, 2.05) is 24.3 Å². The maximum absolute atomic E-state index is 9.24. The lowest BCUT2D eigenvalue weighted by Gasteiger charge is -2.33. The van der Waals surface area contributed by atoms with E-state index in [2.05, 4.69) is 41.7 Å². The van der Waals surface area contributed by atoms with Crippen molar-refractivity contribution in [1.82, 2.24) is 0 Å². The number of hydrogen-bond donors (Lipinski definition) is 1. The van der Waals surface area contributed by atoms with Gasteiger partial charge in [0, 0.05) is 12.0 Å². The van der Waals surface area contributed by atoms with Crippen LogP contribution in [0.4, 0.5) is 5.69 Å². The summed E-state index contributed by atoms with van der Waals surface area (Å²) in [6.07, 6.45) is 4.93. The van der Waals surface area contributed by atoms with E-state index < -0.39 is 0 Å². The molecule has 21 heavy (non-hydrogen) atoms. The molecule has 0 aliphatic heterocycles. The van der Waals surface area contributed by atoms with Gasteiger partial charge in [-0.05, 0) is 30.5 Å². The fourth-order valence-electron chi connectivity index (χ4n) is 3.31. The van der Waals surface area contributed by atoms with E-state index >= 15 is 0 Å². The summed E-state index contributed by atoms with van der Waals surface area (Å²) in [7, 11) is 0. The van der Waals surface area contributed by atoms with E-state index in [0.29, 0.717) is 12.0 Å². The molecule has 2 aromatic rings. The molecule has 0 saturated heterocycles. The molecule has 1 saturated carbocycles. The first-order valence-corrected chi connectivity index (χ1v) is 7.69. The van der Waals surface area contributed by atoms with Crippen molar-refractivity contribution >= 4 is 5.69 Å². The van der Waals surface area contributed by atoms with Crippen molar-refractivity contribution in [1.29, 1.82) is 5.26 Å². The molecule has 1 N–H and O–H groups in total. The van der Waals surface area contributed by atoms with Crippen molar-refractivity contribution < 1.29 is 0 Å². The number of nitriles is 1. The Hall–Kier alpha value is -2.27. The lowest BCUT2D eigenvalue weighted by molar-refractivity contribution is 0.405. The van der Waals surface area contributed by atoms with Crippen LogP contribution >= 0.6 is 0 Å². The lowest BCUT2D eigenvalue weighted by Crippen LogP contribution is -2.30. The standard InChI is InChI=1S/C19H20N2/c20-14-16-10-4-6-12-18(16)21-19-13-7-5-11-17(19)15-8-2-1-3-9-15/h1-4,6,8-10,12,17,19,21H,5,7,11,13H2. The maximum atomic E-state index is 9.24. The smallest absolute Gasteiger partial charge is 0.101 e. The van der Waals surface area contributed by atoms with Crippen molar-refractivity contribution in [2.45, 2.75) is 37.6 Å². The van der Waals surface area contributed by atoms with Crippen LogP contribution < -0.4 is 5.32 Å². The zero-order chi connectivity index (χ0) is 14.5. The van der Waals surface area contributed by atoms with Gasteiger partial charge in [-0.1, -0.05) is 55.3 Å². The van der Waals surface area contributed by atoms with Gasteiger partial charge in [0.2, 0.25) is 0 Å². The number of hydrogen-bond acceptors (Lipinski definition) is 2. The minimum absolute atomic E-state index is 0.413. The summed E-state index contributed by atoms with van der Waals surface area (Å²) in [6.45, 7) is 0. The predicted octanol–water partition coefficient (Wildman–Crippen LogP) is 4.70. The van der Waals surface area contributed by atoms with Crippen LogP contribution in [0.1, 0.15) is 42.7 Å². The van der Waals surface area contributed by atoms with Crippen LogP contribution in [0.15, 0.2) is 54.6 Å². The summed E-state index contributed by atoms with van der Waals surface area (Å²) < 4.78 is 0. The van der Waals surface area contributed by atoms with Crippen LogP contribution in [0.25, 0.3) is 0 Å². The van der Waals surface area contributed by atoms with Gasteiger partial charge in [0.1, 0.15) is 6.07 Å². The second kappa shape index (κ2) is 6.45. The monoisotopic (exact) mass is 276 g/mol. The highest BCUT2D eigenvalue weighted by Crippen LogP contribution is 2.35. The van der Waals surface area contributed by atoms with E-state index in [0.717, 1.165) is 11.3 Å². The second-order valence-electron chi connectivity index (χ2n) is 5.71. The average molecular weight is 276 g/mol. The summed E-state index contributed by atoms with van der Waals surface area (Å²) in [6, 6.07) is 21.2. The Balaban J connectivity index is 1.84. The normalized spacial score (nSPS) is 21.5. The van der Waals surface area contributed by atoms with E-state index in [9.17, 15) is 5.26 Å². The van der Waals surface area contributed by atoms with E-state index in [1.165, 1.54) is 31.2 Å². The Morgan fingerprint density at radius 2 is 1.62 bits per heavy atom. The van der Waals surface area contributed by atoms with Crippen molar-refractivity contribution in [2.24, 2.45) is 0 Å². The number of nitrogens with zero attached hydrogens (tertiary/aromatic N) is 1. The number of anilines is 1. The molecule has 0 bridgehead atoms. The van der Waals surface area contributed by atoms with Crippen LogP contribution in [-0.4, -0.2) is 6.04 Å². The summed E-state index contributed by atoms with van der Waals surface area (Å²) >= 11 is 0. The molecule has 2 heteroatoms. The summed E-state index contributed by atoms with van der Waals surface area (Å²) in [5.74, 6) is 0.534. The molecule has 1 fully saturated rings. The fourth-order valence-corrected chi connectivity index (χ4v) is 3.31. The Morgan fingerprint density at radius 1 is 0.905 bits per heavy atom. The molecule has 1 aliphatic rings. The van der Waals surface area contributed by atoms with Crippen molar-refractivity contribution in [3.05, 3.63) is 65.7 Å². The molecular weight excluding hydrogens is 256 g/mol. The molecule has 2 atom stereocenters. The number of para-hydroxylation sites is 1. The largest absolute Gasteiger partial charge is 0.381 e. The Kier molecular flexibility index (Phi) is 4.21. The molecule has 0 amide bonds. The van der Waals surface area contributed by atoms with Crippen LogP contribution in [0.3, 0.4) is 0 Å². The zero-order valence-electron chi connectivity index (χ0n) is 12.1. The number of benzene rings is 2. The predicted molar refractivity (Wildman–Crippen MR) is 86.2 cm³/mol. The van der Waals surface area contributed by atoms with Crippen LogP contribution in [0.5, 0.6) is 0 Å². The van der Waals surface area contributed by atoms with Gasteiger partial charge >= 0.3 is 0 Å². The molecule has 0 radical (unpaired) electrons. The Labute approximate surface area is 126 Å². The molecule has 0 aromatic heterocycles. The molecule has 2 aromatic carbocycles. The molecule has 3 rings (SSSR count). The highest BCUT2D eigenvalue weighted by atomic mass is 14.9. The topological polar surface area (TPSA) is 35.8 Å². The van der Waals surface area contributed by atoms with Crippen LogP contribution in [0.2, 0.25) is 0 Å². The number of nitrogens with one attached hydrogen (secondary N) is 1. The van der Waals surface area contributed by atoms with Gasteiger partial charge in [0.05, 0.1) is 11.3 Å². The molecule has 106 valence electrons. The molecule has 2 nitrogen and oxygen atoms in total. The van der Waals surface area contributed by atoms with Crippen molar-refractivity contribution in [3.63, 3.8) is 0 Å². The van der Waals surface area contributed by atoms with Gasteiger partial charge < -0.3 is 5.32 Å². The van der Waals surface area contributed by atoms with Gasteiger partial charge in [0.15, 0.2) is 0 Å². The van der Waals surface area contributed by atoms with Gasteiger partial charge in [0.25, 0.3) is 0 Å². The summed E-state index contributed by atoms with van der Waals surface area (Å²) in [5.41, 5.74) is 3.10. The highest BCUT2D eigenvalue weighted by molar-refractivity contribution is 5.58. The highest BCUT2D eigenvalue weighted by Gasteiger charge is 2.26. The second-order valence-corrected chi connectivity index (χ2v) is 5.71. The SMILES string of the molecule is N#Cc1ccccc1NC1CCCCC1c1ccccc1. The van der Waals surface area contributed by atoms with Gasteiger partial charge in [-0.3, -0.25) is 0 Å². The maximum Gasteiger partial charge on any atom is 0.101 e. The summed E-state index contributed by atoms with van der Waals surface area (Å²) in [4.78, 5) is 0. The molecule has 2 unspecified atom stereocenters. The van der Waals surface area contributed by atoms with Crippen molar-refractivity contribution in [2.75, 3.05) is 5.32 Å². The van der Waals surface area contributed by atoms with Gasteiger partial charge in [-0.25, -0.2) is 0 Å². The van der Waals surface area contributed by atoms with Crippen molar-refractivity contribution in [3.8, 4) is 6.07 Å².